The van der Waals surface area contributed by atoms with Gasteiger partial charge in [0.1, 0.15) is 5.75 Å². The van der Waals surface area contributed by atoms with Crippen LogP contribution in [0, 0.1) is 0 Å². The number of nitrogens with one attached hydrogen (secondary N) is 1. The quantitative estimate of drug-likeness (QED) is 0.552. The monoisotopic (exact) mass is 452 g/mol. The predicted octanol–water partition coefficient (Wildman–Crippen LogP) is 3.27. The molecule has 1 N–H and O–H groups in total. The van der Waals surface area contributed by atoms with Crippen LogP contribution in [0.3, 0.4) is 0 Å². The van der Waals surface area contributed by atoms with Crippen LogP contribution in [0.1, 0.15) is 15.9 Å². The highest BCUT2D eigenvalue weighted by atomic mass is 35.5. The number of nitrogens with zero attached hydrogens (tertiary/aromatic N) is 3. The number of benzene rings is 2. The van der Waals surface area contributed by atoms with Gasteiger partial charge in [0.25, 0.3) is 15.9 Å². The average molecular weight is 453 g/mol. The fraction of sp³-hybridized carbons (Fsp3) is 0.167. The maximum Gasteiger partial charge on any atom is 0.272 e. The molecule has 0 radical (unpaired) electrons. The average Bonchev–Trinajstić information content (AvgIpc) is 3.18. The zero-order valence-corrected chi connectivity index (χ0v) is 17.9. The Morgan fingerprint density at radius 3 is 2.55 bits per heavy atom. The Labute approximate surface area is 177 Å². The lowest BCUT2D eigenvalue weighted by molar-refractivity contribution is 0.102. The van der Waals surface area contributed by atoms with E-state index in [0.717, 1.165) is 15.6 Å². The number of ether oxygens (including phenoxy) is 1. The molecule has 29 heavy (non-hydrogen) atoms. The van der Waals surface area contributed by atoms with E-state index in [4.69, 9.17) is 16.3 Å². The second-order valence-corrected chi connectivity index (χ2v) is 9.54. The number of amides is 1. The minimum absolute atomic E-state index is 0.0780. The van der Waals surface area contributed by atoms with Crippen LogP contribution in [-0.2, 0) is 16.6 Å². The van der Waals surface area contributed by atoms with Crippen LogP contribution in [-0.4, -0.2) is 43.0 Å². The minimum Gasteiger partial charge on any atom is -0.496 e. The first-order valence-corrected chi connectivity index (χ1v) is 10.9. The van der Waals surface area contributed by atoms with Gasteiger partial charge in [0.15, 0.2) is 0 Å². The van der Waals surface area contributed by atoms with Gasteiger partial charge in [0.05, 0.1) is 7.11 Å². The second-order valence-electron chi connectivity index (χ2n) is 5.91. The van der Waals surface area contributed by atoms with Crippen molar-refractivity contribution in [3.8, 4) is 5.75 Å². The Kier molecular flexibility index (Phi) is 6.48. The van der Waals surface area contributed by atoms with E-state index in [1.807, 2.05) is 0 Å². The van der Waals surface area contributed by atoms with Crippen molar-refractivity contribution in [2.45, 2.75) is 10.9 Å². The molecular formula is C18H17ClN4O4S2. The number of halogens is 1. The van der Waals surface area contributed by atoms with E-state index in [1.165, 1.54) is 14.2 Å². The lowest BCUT2D eigenvalue weighted by Gasteiger charge is -2.16. The van der Waals surface area contributed by atoms with Crippen LogP contribution in [0.4, 0.5) is 5.13 Å². The van der Waals surface area contributed by atoms with Crippen LogP contribution in [0.15, 0.2) is 52.9 Å². The Balaban J connectivity index is 1.74. The lowest BCUT2D eigenvalue weighted by atomic mass is 10.2. The van der Waals surface area contributed by atoms with Gasteiger partial charge in [-0.2, -0.15) is 4.31 Å². The molecule has 0 unspecified atom stereocenters. The highest BCUT2D eigenvalue weighted by Gasteiger charge is 2.27. The van der Waals surface area contributed by atoms with Crippen LogP contribution < -0.4 is 10.1 Å². The maximum absolute atomic E-state index is 12.8. The highest BCUT2D eigenvalue weighted by molar-refractivity contribution is 7.91. The molecule has 0 aliphatic rings. The van der Waals surface area contributed by atoms with E-state index in [1.54, 1.807) is 48.5 Å². The summed E-state index contributed by atoms with van der Waals surface area (Å²) in [5, 5.41) is 10.6. The van der Waals surface area contributed by atoms with Gasteiger partial charge in [-0.1, -0.05) is 41.1 Å². The molecule has 0 saturated heterocycles. The maximum atomic E-state index is 12.8. The van der Waals surface area contributed by atoms with Crippen molar-refractivity contribution in [1.82, 2.24) is 14.5 Å². The third-order valence-corrected chi connectivity index (χ3v) is 7.19. The van der Waals surface area contributed by atoms with Crippen LogP contribution in [0.5, 0.6) is 5.75 Å². The largest absolute Gasteiger partial charge is 0.496 e. The Hall–Kier alpha value is -2.53. The molecule has 1 amide bonds. The summed E-state index contributed by atoms with van der Waals surface area (Å²) in [4.78, 5) is 12.2. The van der Waals surface area contributed by atoms with Crippen molar-refractivity contribution in [3.63, 3.8) is 0 Å². The molecule has 0 spiro atoms. The summed E-state index contributed by atoms with van der Waals surface area (Å²) in [7, 11) is -0.932. The number of hydrogen-bond acceptors (Lipinski definition) is 7. The normalized spacial score (nSPS) is 11.4. The van der Waals surface area contributed by atoms with Crippen LogP contribution in [0.2, 0.25) is 5.02 Å². The van der Waals surface area contributed by atoms with Gasteiger partial charge < -0.3 is 4.74 Å². The number of hydrogen-bond donors (Lipinski definition) is 1. The van der Waals surface area contributed by atoms with Gasteiger partial charge in [-0.25, -0.2) is 8.42 Å². The van der Waals surface area contributed by atoms with Gasteiger partial charge in [-0.05, 0) is 30.3 Å². The molecule has 0 saturated carbocycles. The van der Waals surface area contributed by atoms with Crippen molar-refractivity contribution in [2.24, 2.45) is 0 Å². The van der Waals surface area contributed by atoms with E-state index in [9.17, 15) is 13.2 Å². The van der Waals surface area contributed by atoms with Gasteiger partial charge in [0.2, 0.25) is 9.47 Å². The van der Waals surface area contributed by atoms with Crippen molar-refractivity contribution >= 4 is 44.0 Å². The number of para-hydroxylation sites is 1. The zero-order valence-electron chi connectivity index (χ0n) is 15.5. The van der Waals surface area contributed by atoms with E-state index in [0.29, 0.717) is 21.9 Å². The summed E-state index contributed by atoms with van der Waals surface area (Å²) in [6.45, 7) is 0.0956. The Morgan fingerprint density at radius 1 is 1.17 bits per heavy atom. The summed E-state index contributed by atoms with van der Waals surface area (Å²) >= 11 is 6.58. The SMILES string of the molecule is COc1ccccc1CN(C)S(=O)(=O)c1nnc(NC(=O)c2ccc(Cl)cc2)s1. The third kappa shape index (κ3) is 4.91. The number of methoxy groups -OCH3 is 1. The molecule has 3 aromatic rings. The molecule has 0 aliphatic heterocycles. The molecule has 0 bridgehead atoms. The Morgan fingerprint density at radius 2 is 1.86 bits per heavy atom. The molecule has 3 rings (SSSR count). The van der Waals surface area contributed by atoms with Gasteiger partial charge in [-0.3, -0.25) is 10.1 Å². The topological polar surface area (TPSA) is 101 Å². The predicted molar refractivity (Wildman–Crippen MR) is 111 cm³/mol. The van der Waals surface area contributed by atoms with Crippen molar-refractivity contribution in [3.05, 3.63) is 64.7 Å². The fourth-order valence-electron chi connectivity index (χ4n) is 2.43. The first kappa shape index (κ1) is 21.2. The first-order chi connectivity index (χ1) is 13.8. The molecule has 11 heteroatoms. The summed E-state index contributed by atoms with van der Waals surface area (Å²) in [6.07, 6.45) is 0. The van der Waals surface area contributed by atoms with Crippen LogP contribution >= 0.6 is 22.9 Å². The minimum atomic E-state index is -3.89. The second kappa shape index (κ2) is 8.87. The van der Waals surface area contributed by atoms with Crippen molar-refractivity contribution < 1.29 is 17.9 Å². The molecule has 0 fully saturated rings. The first-order valence-electron chi connectivity index (χ1n) is 8.30. The molecule has 1 aromatic heterocycles. The van der Waals surface area contributed by atoms with E-state index in [2.05, 4.69) is 15.5 Å². The highest BCUT2D eigenvalue weighted by Crippen LogP contribution is 2.26. The number of carbonyl (C=O) groups excluding carboxylic acids is 1. The van der Waals surface area contributed by atoms with Crippen molar-refractivity contribution in [1.29, 1.82) is 0 Å². The number of carbonyl (C=O) groups is 1. The van der Waals surface area contributed by atoms with Crippen LogP contribution in [0.25, 0.3) is 0 Å². The number of aromatic nitrogens is 2. The van der Waals surface area contributed by atoms with E-state index < -0.39 is 15.9 Å². The molecular weight excluding hydrogens is 436 g/mol. The summed E-state index contributed by atoms with van der Waals surface area (Å²) in [5.41, 5.74) is 1.07. The number of sulfonamides is 1. The number of rotatable bonds is 7. The molecule has 152 valence electrons. The van der Waals surface area contributed by atoms with E-state index >= 15 is 0 Å². The van der Waals surface area contributed by atoms with Gasteiger partial charge in [-0.15, -0.1) is 10.2 Å². The lowest BCUT2D eigenvalue weighted by Crippen LogP contribution is -2.26. The third-order valence-electron chi connectivity index (χ3n) is 3.95. The van der Waals surface area contributed by atoms with E-state index in [-0.39, 0.29) is 16.0 Å². The molecule has 8 nitrogen and oxygen atoms in total. The fourth-order valence-corrected chi connectivity index (χ4v) is 4.78. The summed E-state index contributed by atoms with van der Waals surface area (Å²) in [5.74, 6) is 0.145. The van der Waals surface area contributed by atoms with Gasteiger partial charge >= 0.3 is 0 Å². The summed E-state index contributed by atoms with van der Waals surface area (Å²) < 4.78 is 31.8. The number of anilines is 1. The molecule has 2 aromatic carbocycles. The summed E-state index contributed by atoms with van der Waals surface area (Å²) in [6, 6.07) is 13.4. The Bertz CT molecular complexity index is 1120. The van der Waals surface area contributed by atoms with Gasteiger partial charge in [0, 0.05) is 29.7 Å². The zero-order chi connectivity index (χ0) is 21.0. The molecule has 0 atom stereocenters. The smallest absolute Gasteiger partial charge is 0.272 e. The molecule has 1 heterocycles. The standard InChI is InChI=1S/C18H17ClN4O4S2/c1-23(11-13-5-3-4-6-15(13)27-2)29(25,26)18-22-21-17(28-18)20-16(24)12-7-9-14(19)10-8-12/h3-10H,11H2,1-2H3,(H,20,21,24). The molecule has 0 aliphatic carbocycles. The van der Waals surface area contributed by atoms with Crippen molar-refractivity contribution in [2.75, 3.05) is 19.5 Å².